The van der Waals surface area contributed by atoms with Crippen LogP contribution in [0.1, 0.15) is 11.6 Å². The van der Waals surface area contributed by atoms with Gasteiger partial charge in [0, 0.05) is 26.2 Å². The zero-order chi connectivity index (χ0) is 12.3. The maximum atomic E-state index is 13.3. The molecule has 1 aliphatic heterocycles. The Labute approximate surface area is 112 Å². The summed E-state index contributed by atoms with van der Waals surface area (Å²) >= 11 is 0. The molecule has 2 rings (SSSR count). The lowest BCUT2D eigenvalue weighted by Gasteiger charge is -2.34. The van der Waals surface area contributed by atoms with E-state index in [9.17, 15) is 9.50 Å². The largest absolute Gasteiger partial charge is 0.505 e. The Hall–Kier alpha value is -0.880. The smallest absolute Gasteiger partial charge is 0.165 e. The second-order valence-corrected chi connectivity index (χ2v) is 4.20. The summed E-state index contributed by atoms with van der Waals surface area (Å²) < 4.78 is 13.3. The Kier molecular flexibility index (Phi) is 5.81. The quantitative estimate of drug-likeness (QED) is 0.768. The van der Waals surface area contributed by atoms with Crippen LogP contribution in [-0.2, 0) is 0 Å². The molecule has 102 valence electrons. The van der Waals surface area contributed by atoms with Crippen molar-refractivity contribution in [2.75, 3.05) is 32.8 Å². The van der Waals surface area contributed by atoms with E-state index in [1.165, 1.54) is 12.1 Å². The van der Waals surface area contributed by atoms with E-state index >= 15 is 0 Å². The molecule has 4 nitrogen and oxygen atoms in total. The summed E-state index contributed by atoms with van der Waals surface area (Å²) in [4.78, 5) is 2.11. The summed E-state index contributed by atoms with van der Waals surface area (Å²) in [6, 6.07) is 4.07. The Morgan fingerprint density at radius 3 is 2.56 bits per heavy atom. The first-order chi connectivity index (χ1) is 8.22. The van der Waals surface area contributed by atoms with E-state index in [1.807, 2.05) is 0 Å². The van der Waals surface area contributed by atoms with E-state index in [2.05, 4.69) is 10.2 Å². The van der Waals surface area contributed by atoms with Crippen molar-refractivity contribution in [3.05, 3.63) is 29.6 Å². The number of rotatable bonds is 3. The molecule has 1 aliphatic rings. The fourth-order valence-corrected chi connectivity index (χ4v) is 2.16. The number of phenols is 1. The molecule has 0 spiro atoms. The van der Waals surface area contributed by atoms with Gasteiger partial charge in [0.2, 0.25) is 0 Å². The minimum atomic E-state index is -0.643. The highest BCUT2D eigenvalue weighted by atomic mass is 35.5. The Morgan fingerprint density at radius 1 is 1.33 bits per heavy atom. The molecule has 0 aliphatic carbocycles. The lowest BCUT2D eigenvalue weighted by Crippen LogP contribution is -2.46. The van der Waals surface area contributed by atoms with Crippen molar-refractivity contribution in [1.29, 1.82) is 0 Å². The molecular formula is C12H18ClFN2O2. The predicted octanol–water partition coefficient (Wildman–Crippen LogP) is 0.892. The van der Waals surface area contributed by atoms with Crippen molar-refractivity contribution in [1.82, 2.24) is 10.2 Å². The van der Waals surface area contributed by atoms with Gasteiger partial charge in [0.1, 0.15) is 0 Å². The zero-order valence-electron chi connectivity index (χ0n) is 9.97. The van der Waals surface area contributed by atoms with Gasteiger partial charge in [-0.1, -0.05) is 6.07 Å². The molecule has 18 heavy (non-hydrogen) atoms. The highest BCUT2D eigenvalue weighted by Gasteiger charge is 2.22. The minimum absolute atomic E-state index is 0. The molecule has 1 aromatic rings. The molecule has 0 aromatic heterocycles. The maximum Gasteiger partial charge on any atom is 0.165 e. The molecule has 1 atom stereocenters. The van der Waals surface area contributed by atoms with Gasteiger partial charge in [-0.25, -0.2) is 4.39 Å². The molecule has 0 amide bonds. The van der Waals surface area contributed by atoms with Crippen LogP contribution >= 0.6 is 12.4 Å². The standard InChI is InChI=1S/C12H17FN2O2.ClH/c13-10-7-9(1-2-12(10)17)11(8-16)15-5-3-14-4-6-15;/h1-2,7,11,14,16-17H,3-6,8H2;1H/t11-;/m1./s1. The maximum absolute atomic E-state index is 13.3. The third-order valence-corrected chi connectivity index (χ3v) is 3.12. The Morgan fingerprint density at radius 2 is 2.00 bits per heavy atom. The average Bonchev–Trinajstić information content (AvgIpc) is 2.36. The van der Waals surface area contributed by atoms with Gasteiger partial charge < -0.3 is 15.5 Å². The molecule has 6 heteroatoms. The first kappa shape index (κ1) is 15.2. The van der Waals surface area contributed by atoms with Gasteiger partial charge in [-0.2, -0.15) is 0 Å². The van der Waals surface area contributed by atoms with E-state index in [0.717, 1.165) is 26.2 Å². The normalized spacial score (nSPS) is 18.1. The fraction of sp³-hybridized carbons (Fsp3) is 0.500. The van der Waals surface area contributed by atoms with Crippen LogP contribution in [0.3, 0.4) is 0 Å². The van der Waals surface area contributed by atoms with E-state index in [4.69, 9.17) is 5.11 Å². The van der Waals surface area contributed by atoms with Crippen LogP contribution in [0.25, 0.3) is 0 Å². The van der Waals surface area contributed by atoms with Gasteiger partial charge >= 0.3 is 0 Å². The van der Waals surface area contributed by atoms with Gasteiger partial charge in [-0.3, -0.25) is 4.90 Å². The third kappa shape index (κ3) is 3.32. The molecule has 3 N–H and O–H groups in total. The number of aliphatic hydroxyl groups excluding tert-OH is 1. The summed E-state index contributed by atoms with van der Waals surface area (Å²) in [5, 5.41) is 21.8. The number of aliphatic hydroxyl groups is 1. The van der Waals surface area contributed by atoms with Gasteiger partial charge in [0.15, 0.2) is 11.6 Å². The average molecular weight is 277 g/mol. The Bertz CT molecular complexity index is 386. The van der Waals surface area contributed by atoms with E-state index in [-0.39, 0.29) is 30.8 Å². The van der Waals surface area contributed by atoms with Crippen LogP contribution in [0.5, 0.6) is 5.75 Å². The third-order valence-electron chi connectivity index (χ3n) is 3.12. The summed E-state index contributed by atoms with van der Waals surface area (Å²) in [7, 11) is 0. The van der Waals surface area contributed by atoms with Crippen molar-refractivity contribution in [3.63, 3.8) is 0 Å². The molecule has 1 fully saturated rings. The van der Waals surface area contributed by atoms with Crippen LogP contribution in [-0.4, -0.2) is 47.9 Å². The van der Waals surface area contributed by atoms with Crippen LogP contribution in [0, 0.1) is 5.82 Å². The second-order valence-electron chi connectivity index (χ2n) is 4.20. The van der Waals surface area contributed by atoms with Crippen molar-refractivity contribution in [2.24, 2.45) is 0 Å². The molecule has 1 saturated heterocycles. The van der Waals surface area contributed by atoms with Crippen molar-refractivity contribution in [3.8, 4) is 5.75 Å². The first-order valence-corrected chi connectivity index (χ1v) is 5.76. The van der Waals surface area contributed by atoms with Crippen LogP contribution in [0.2, 0.25) is 0 Å². The molecule has 0 radical (unpaired) electrons. The van der Waals surface area contributed by atoms with Gasteiger partial charge in [0.05, 0.1) is 12.6 Å². The number of piperazine rings is 1. The number of phenolic OH excluding ortho intramolecular Hbond substituents is 1. The summed E-state index contributed by atoms with van der Waals surface area (Å²) in [6.45, 7) is 3.35. The predicted molar refractivity (Wildman–Crippen MR) is 69.6 cm³/mol. The second kappa shape index (κ2) is 6.89. The van der Waals surface area contributed by atoms with Gasteiger partial charge in [-0.15, -0.1) is 12.4 Å². The van der Waals surface area contributed by atoms with Crippen LogP contribution < -0.4 is 5.32 Å². The molecule has 1 aromatic carbocycles. The molecule has 0 bridgehead atoms. The number of aromatic hydroxyl groups is 1. The summed E-state index contributed by atoms with van der Waals surface area (Å²) in [6.07, 6.45) is 0. The number of nitrogens with zero attached hydrogens (tertiary/aromatic N) is 1. The van der Waals surface area contributed by atoms with Crippen LogP contribution in [0.15, 0.2) is 18.2 Å². The fourth-order valence-electron chi connectivity index (χ4n) is 2.16. The summed E-state index contributed by atoms with van der Waals surface area (Å²) in [5.74, 6) is -0.998. The molecule has 1 heterocycles. The van der Waals surface area contributed by atoms with E-state index in [0.29, 0.717) is 5.56 Å². The van der Waals surface area contributed by atoms with Crippen LogP contribution in [0.4, 0.5) is 4.39 Å². The Balaban J connectivity index is 0.00000162. The first-order valence-electron chi connectivity index (χ1n) is 5.76. The van der Waals surface area contributed by atoms with E-state index in [1.54, 1.807) is 6.07 Å². The molecule has 0 saturated carbocycles. The van der Waals surface area contributed by atoms with Crippen molar-refractivity contribution in [2.45, 2.75) is 6.04 Å². The number of hydrogen-bond acceptors (Lipinski definition) is 4. The zero-order valence-corrected chi connectivity index (χ0v) is 10.8. The number of nitrogens with one attached hydrogen (secondary N) is 1. The SMILES string of the molecule is Cl.OC[C@H](c1ccc(O)c(F)c1)N1CCNCC1. The highest BCUT2D eigenvalue weighted by Crippen LogP contribution is 2.25. The number of hydrogen-bond donors (Lipinski definition) is 3. The topological polar surface area (TPSA) is 55.7 Å². The molecule has 0 unspecified atom stereocenters. The van der Waals surface area contributed by atoms with Gasteiger partial charge in [-0.05, 0) is 17.7 Å². The summed E-state index contributed by atoms with van der Waals surface area (Å²) in [5.41, 5.74) is 0.699. The van der Waals surface area contributed by atoms with Crippen molar-refractivity contribution < 1.29 is 14.6 Å². The molecular weight excluding hydrogens is 259 g/mol. The lowest BCUT2D eigenvalue weighted by atomic mass is 10.0. The number of halogens is 2. The number of benzene rings is 1. The minimum Gasteiger partial charge on any atom is -0.505 e. The monoisotopic (exact) mass is 276 g/mol. The lowest BCUT2D eigenvalue weighted by molar-refractivity contribution is 0.110. The highest BCUT2D eigenvalue weighted by molar-refractivity contribution is 5.85. The van der Waals surface area contributed by atoms with E-state index < -0.39 is 5.82 Å². The van der Waals surface area contributed by atoms with Gasteiger partial charge in [0.25, 0.3) is 0 Å². The van der Waals surface area contributed by atoms with Crippen molar-refractivity contribution >= 4 is 12.4 Å².